The van der Waals surface area contributed by atoms with Gasteiger partial charge in [0.05, 0.1) is 29.0 Å². The second-order valence-electron chi connectivity index (χ2n) is 6.75. The van der Waals surface area contributed by atoms with E-state index in [0.29, 0.717) is 16.2 Å². The van der Waals surface area contributed by atoms with Crippen molar-refractivity contribution in [1.82, 2.24) is 5.32 Å². The number of thioether (sulfide) groups is 1. The molecule has 0 aromatic heterocycles. The summed E-state index contributed by atoms with van der Waals surface area (Å²) >= 11 is 1.07. The Morgan fingerprint density at radius 3 is 2.77 bits per heavy atom. The number of nitrogens with zero attached hydrogens (tertiary/aromatic N) is 1. The van der Waals surface area contributed by atoms with Crippen LogP contribution in [0, 0.1) is 11.3 Å². The smallest absolute Gasteiger partial charge is 0.316 e. The predicted molar refractivity (Wildman–Crippen MR) is 116 cm³/mol. The van der Waals surface area contributed by atoms with Crippen LogP contribution in [0.4, 0.5) is 0 Å². The third-order valence-electron chi connectivity index (χ3n) is 4.62. The lowest BCUT2D eigenvalue weighted by Gasteiger charge is -2.25. The van der Waals surface area contributed by atoms with Crippen LogP contribution < -0.4 is 10.1 Å². The molecule has 0 radical (unpaired) electrons. The van der Waals surface area contributed by atoms with Gasteiger partial charge in [0.2, 0.25) is 5.91 Å². The molecule has 160 valence electrons. The highest BCUT2D eigenvalue weighted by molar-refractivity contribution is 8.03. The number of hydrogen-bond donors (Lipinski definition) is 2. The minimum absolute atomic E-state index is 0.0115. The number of amides is 1. The van der Waals surface area contributed by atoms with E-state index in [9.17, 15) is 20.0 Å². The monoisotopic (exact) mass is 438 g/mol. The number of phenolic OH excluding ortho intramolecular Hbond substituents is 1. The van der Waals surface area contributed by atoms with E-state index in [0.717, 1.165) is 17.3 Å². The molecular formula is C23H22N2O5S. The van der Waals surface area contributed by atoms with E-state index in [2.05, 4.69) is 11.4 Å². The molecule has 0 fully saturated rings. The molecule has 0 saturated carbocycles. The Morgan fingerprint density at radius 1 is 1.29 bits per heavy atom. The van der Waals surface area contributed by atoms with Crippen LogP contribution in [-0.2, 0) is 20.9 Å². The van der Waals surface area contributed by atoms with E-state index in [1.165, 1.54) is 6.07 Å². The molecule has 7 nitrogen and oxygen atoms in total. The number of phenols is 1. The molecule has 31 heavy (non-hydrogen) atoms. The fourth-order valence-corrected chi connectivity index (χ4v) is 4.02. The molecular weight excluding hydrogens is 416 g/mol. The van der Waals surface area contributed by atoms with E-state index in [-0.39, 0.29) is 42.8 Å². The average molecular weight is 439 g/mol. The Hall–Kier alpha value is -3.44. The Balaban J connectivity index is 1.83. The van der Waals surface area contributed by atoms with Gasteiger partial charge in [-0.3, -0.25) is 9.59 Å². The number of esters is 1. The Morgan fingerprint density at radius 2 is 2.06 bits per heavy atom. The van der Waals surface area contributed by atoms with Crippen LogP contribution >= 0.6 is 11.8 Å². The summed E-state index contributed by atoms with van der Waals surface area (Å²) in [7, 11) is 0. The number of nitriles is 1. The summed E-state index contributed by atoms with van der Waals surface area (Å²) in [6.07, 6.45) is 0.0786. The van der Waals surface area contributed by atoms with Gasteiger partial charge in [-0.05, 0) is 30.2 Å². The first-order valence-corrected chi connectivity index (χ1v) is 10.7. The lowest BCUT2D eigenvalue weighted by atomic mass is 9.87. The van der Waals surface area contributed by atoms with Crippen molar-refractivity contribution < 1.29 is 24.2 Å². The topological polar surface area (TPSA) is 109 Å². The zero-order chi connectivity index (χ0) is 22.2. The van der Waals surface area contributed by atoms with E-state index in [1.807, 2.05) is 30.3 Å². The second-order valence-corrected chi connectivity index (χ2v) is 7.74. The van der Waals surface area contributed by atoms with E-state index in [1.54, 1.807) is 19.1 Å². The zero-order valence-electron chi connectivity index (χ0n) is 17.0. The molecule has 1 amide bonds. The molecule has 2 aromatic carbocycles. The van der Waals surface area contributed by atoms with Crippen LogP contribution in [0.5, 0.6) is 11.5 Å². The maximum atomic E-state index is 12.3. The third kappa shape index (κ3) is 5.80. The van der Waals surface area contributed by atoms with Crippen molar-refractivity contribution in [3.05, 3.63) is 70.3 Å². The van der Waals surface area contributed by atoms with Gasteiger partial charge in [0.1, 0.15) is 6.61 Å². The largest absolute Gasteiger partial charge is 0.504 e. The Bertz CT molecular complexity index is 1030. The SMILES string of the molecule is CCOC(=O)CSC1=C(C#N)C(c2ccc(O)c(OCc3ccccc3)c2)CC(=O)N1. The van der Waals surface area contributed by atoms with Crippen LogP contribution in [0.3, 0.4) is 0 Å². The predicted octanol–water partition coefficient (Wildman–Crippen LogP) is 3.61. The van der Waals surface area contributed by atoms with Crippen LogP contribution in [0.15, 0.2) is 59.1 Å². The maximum absolute atomic E-state index is 12.3. The van der Waals surface area contributed by atoms with Crippen molar-refractivity contribution in [3.8, 4) is 17.6 Å². The molecule has 0 aliphatic carbocycles. The zero-order valence-corrected chi connectivity index (χ0v) is 17.8. The van der Waals surface area contributed by atoms with Gasteiger partial charge in [-0.2, -0.15) is 5.26 Å². The maximum Gasteiger partial charge on any atom is 0.316 e. The Labute approximate surface area is 184 Å². The average Bonchev–Trinajstić information content (AvgIpc) is 2.77. The minimum Gasteiger partial charge on any atom is -0.504 e. The quantitative estimate of drug-likeness (QED) is 0.606. The fourth-order valence-electron chi connectivity index (χ4n) is 3.15. The lowest BCUT2D eigenvalue weighted by molar-refractivity contribution is -0.139. The fraction of sp³-hybridized carbons (Fsp3) is 0.261. The summed E-state index contributed by atoms with van der Waals surface area (Å²) in [5.41, 5.74) is 1.97. The van der Waals surface area contributed by atoms with E-state index < -0.39 is 11.9 Å². The molecule has 2 N–H and O–H groups in total. The van der Waals surface area contributed by atoms with Crippen molar-refractivity contribution in [3.63, 3.8) is 0 Å². The highest BCUT2D eigenvalue weighted by Crippen LogP contribution is 2.39. The standard InChI is InChI=1S/C23H22N2O5S/c1-2-29-22(28)14-31-23-18(12-24)17(11-21(27)25-23)16-8-9-19(26)20(10-16)30-13-15-6-4-3-5-7-15/h3-10,17,26H,2,11,13-14H2,1H3,(H,25,27). The molecule has 3 rings (SSSR count). The molecule has 0 saturated heterocycles. The first-order valence-electron chi connectivity index (χ1n) is 9.74. The molecule has 1 heterocycles. The van der Waals surface area contributed by atoms with Crippen LogP contribution in [0.1, 0.15) is 30.4 Å². The summed E-state index contributed by atoms with van der Waals surface area (Å²) in [6, 6.07) is 16.5. The van der Waals surface area contributed by atoms with E-state index in [4.69, 9.17) is 9.47 Å². The summed E-state index contributed by atoms with van der Waals surface area (Å²) < 4.78 is 10.7. The first-order chi connectivity index (χ1) is 15.0. The van der Waals surface area contributed by atoms with Gasteiger partial charge in [0.25, 0.3) is 0 Å². The number of hydrogen-bond acceptors (Lipinski definition) is 7. The summed E-state index contributed by atoms with van der Waals surface area (Å²) in [4.78, 5) is 24.0. The first kappa shape index (κ1) is 22.2. The number of benzene rings is 2. The molecule has 0 spiro atoms. The van der Waals surface area contributed by atoms with Crippen LogP contribution in [0.2, 0.25) is 0 Å². The van der Waals surface area contributed by atoms with Crippen molar-refractivity contribution in [2.24, 2.45) is 0 Å². The van der Waals surface area contributed by atoms with Crippen LogP contribution in [0.25, 0.3) is 0 Å². The summed E-state index contributed by atoms with van der Waals surface area (Å²) in [5, 5.41) is 23.0. The van der Waals surface area contributed by atoms with Crippen molar-refractivity contribution in [2.75, 3.05) is 12.4 Å². The van der Waals surface area contributed by atoms with E-state index >= 15 is 0 Å². The molecule has 0 bridgehead atoms. The number of allylic oxidation sites excluding steroid dienone is 1. The molecule has 1 aliphatic heterocycles. The van der Waals surface area contributed by atoms with Gasteiger partial charge in [-0.25, -0.2) is 0 Å². The van der Waals surface area contributed by atoms with Crippen molar-refractivity contribution in [2.45, 2.75) is 25.9 Å². The summed E-state index contributed by atoms with van der Waals surface area (Å²) in [6.45, 7) is 2.24. The third-order valence-corrected chi connectivity index (χ3v) is 5.61. The van der Waals surface area contributed by atoms with Gasteiger partial charge >= 0.3 is 5.97 Å². The number of rotatable bonds is 8. The summed E-state index contributed by atoms with van der Waals surface area (Å²) in [5.74, 6) is -0.958. The van der Waals surface area contributed by atoms with Gasteiger partial charge < -0.3 is 19.9 Å². The second kappa shape index (κ2) is 10.5. The van der Waals surface area contributed by atoms with Crippen molar-refractivity contribution in [1.29, 1.82) is 5.26 Å². The Kier molecular flexibility index (Phi) is 7.57. The van der Waals surface area contributed by atoms with Gasteiger partial charge in [-0.15, -0.1) is 0 Å². The molecule has 1 aliphatic rings. The number of carbonyl (C=O) groups excluding carboxylic acids is 2. The number of nitrogens with one attached hydrogen (secondary N) is 1. The van der Waals surface area contributed by atoms with Gasteiger partial charge in [0, 0.05) is 12.3 Å². The highest BCUT2D eigenvalue weighted by Gasteiger charge is 2.30. The van der Waals surface area contributed by atoms with Crippen molar-refractivity contribution >= 4 is 23.6 Å². The number of aromatic hydroxyl groups is 1. The van der Waals surface area contributed by atoms with Crippen LogP contribution in [-0.4, -0.2) is 29.3 Å². The molecule has 1 atom stereocenters. The molecule has 2 aromatic rings. The lowest BCUT2D eigenvalue weighted by Crippen LogP contribution is -2.31. The normalized spacial score (nSPS) is 15.7. The molecule has 8 heteroatoms. The highest BCUT2D eigenvalue weighted by atomic mass is 32.2. The minimum atomic E-state index is -0.511. The molecule has 1 unspecified atom stereocenters. The number of ether oxygens (including phenoxy) is 2. The van der Waals surface area contributed by atoms with Gasteiger partial charge in [-0.1, -0.05) is 48.2 Å². The van der Waals surface area contributed by atoms with Gasteiger partial charge in [0.15, 0.2) is 11.5 Å². The number of carbonyl (C=O) groups is 2.